The Labute approximate surface area is 254 Å². The van der Waals surface area contributed by atoms with Crippen LogP contribution in [0.4, 0.5) is 0 Å². The summed E-state index contributed by atoms with van der Waals surface area (Å²) in [7, 11) is 0. The van der Waals surface area contributed by atoms with Gasteiger partial charge in [-0.1, -0.05) is 84.8 Å². The largest absolute Gasteiger partial charge is 0.481 e. The Morgan fingerprint density at radius 1 is 1.10 bits per heavy atom. The van der Waals surface area contributed by atoms with Gasteiger partial charge in [-0.25, -0.2) is 0 Å². The molecule has 5 fully saturated rings. The summed E-state index contributed by atoms with van der Waals surface area (Å²) < 4.78 is 7.37. The second-order valence-electron chi connectivity index (χ2n) is 16.2. The van der Waals surface area contributed by atoms with Gasteiger partial charge < -0.3 is 19.7 Å². The number of hydrogen-bond donors (Lipinski definition) is 2. The second-order valence-corrected chi connectivity index (χ2v) is 16.2. The van der Waals surface area contributed by atoms with Crippen molar-refractivity contribution in [3.8, 4) is 0 Å². The number of fused-ring (bicyclic) bond motifs is 2. The quantitative estimate of drug-likeness (QED) is 0.222. The summed E-state index contributed by atoms with van der Waals surface area (Å²) in [5.74, 6) is 1.94. The molecule has 4 bridgehead atoms. The number of aliphatic hydroxyl groups is 1. The third-order valence-corrected chi connectivity index (χ3v) is 13.6. The van der Waals surface area contributed by atoms with Crippen molar-refractivity contribution >= 4 is 12.3 Å². The standard InChI is InChI=1S/C36H57NO5/c1-22(2)19-37(13-14-38)20-31-27(25-9-7-6-8-10-25)16-32(42-31)35-18-28-24(5)11-12-29(28)34(21-39)17-26(35)15-30(23(3)4)36(34,35)33(40)41/h15,21-29,31-32,38H,6-14,16-20H2,1-5H3,(H,40,41)/t24-,26?,27+,28-,29-,31+,32-,34?,35?,36+/m1/s1. The Kier molecular flexibility index (Phi) is 8.27. The highest BCUT2D eigenvalue weighted by molar-refractivity contribution is 5.90. The highest BCUT2D eigenvalue weighted by atomic mass is 16.5. The molecule has 10 atom stereocenters. The minimum Gasteiger partial charge on any atom is -0.481 e. The van der Waals surface area contributed by atoms with Crippen LogP contribution in [0.3, 0.4) is 0 Å². The van der Waals surface area contributed by atoms with Crippen molar-refractivity contribution in [2.75, 3.05) is 26.2 Å². The molecule has 2 N–H and O–H groups in total. The van der Waals surface area contributed by atoms with Crippen molar-refractivity contribution in [3.05, 3.63) is 11.6 Å². The van der Waals surface area contributed by atoms with Crippen LogP contribution in [-0.2, 0) is 14.3 Å². The molecule has 0 aromatic rings. The van der Waals surface area contributed by atoms with E-state index >= 15 is 0 Å². The fraction of sp³-hybridized carbons (Fsp3) is 0.889. The maximum atomic E-state index is 14.1. The molecule has 6 aliphatic rings. The number of hydrogen-bond acceptors (Lipinski definition) is 5. The zero-order valence-electron chi connectivity index (χ0n) is 26.9. The summed E-state index contributed by atoms with van der Waals surface area (Å²) >= 11 is 0. The number of aliphatic hydroxyl groups excluding tert-OH is 1. The van der Waals surface area contributed by atoms with Gasteiger partial charge in [-0.05, 0) is 73.0 Å². The van der Waals surface area contributed by atoms with E-state index in [9.17, 15) is 19.8 Å². The maximum Gasteiger partial charge on any atom is 0.315 e. The predicted octanol–water partition coefficient (Wildman–Crippen LogP) is 6.22. The lowest BCUT2D eigenvalue weighted by Gasteiger charge is -2.60. The maximum absolute atomic E-state index is 14.1. The molecule has 1 heterocycles. The molecule has 4 saturated carbocycles. The summed E-state index contributed by atoms with van der Waals surface area (Å²) in [6.45, 7) is 13.6. The fourth-order valence-corrected chi connectivity index (χ4v) is 12.4. The zero-order chi connectivity index (χ0) is 30.0. The number of carboxylic acids is 1. The normalized spacial score (nSPS) is 44.8. The molecule has 1 aliphatic heterocycles. The zero-order valence-corrected chi connectivity index (χ0v) is 26.9. The minimum atomic E-state index is -1.18. The average molecular weight is 584 g/mol. The molecule has 0 spiro atoms. The molecule has 5 aliphatic carbocycles. The molecule has 6 rings (SSSR count). The van der Waals surface area contributed by atoms with Crippen LogP contribution in [0, 0.1) is 63.6 Å². The first kappa shape index (κ1) is 30.8. The number of allylic oxidation sites excluding steroid dienone is 1. The predicted molar refractivity (Wildman–Crippen MR) is 164 cm³/mol. The topological polar surface area (TPSA) is 87.1 Å². The third kappa shape index (κ3) is 4.12. The lowest BCUT2D eigenvalue weighted by Crippen LogP contribution is -2.65. The molecule has 0 radical (unpaired) electrons. The molecule has 0 amide bonds. The molecule has 0 aromatic heterocycles. The molecule has 6 nitrogen and oxygen atoms in total. The highest BCUT2D eigenvalue weighted by Gasteiger charge is 2.86. The van der Waals surface area contributed by atoms with Gasteiger partial charge in [0.15, 0.2) is 0 Å². The van der Waals surface area contributed by atoms with E-state index < -0.39 is 22.2 Å². The van der Waals surface area contributed by atoms with E-state index in [2.05, 4.69) is 45.6 Å². The number of aliphatic carboxylic acids is 1. The van der Waals surface area contributed by atoms with Gasteiger partial charge in [-0.15, -0.1) is 0 Å². The van der Waals surface area contributed by atoms with E-state index in [1.54, 1.807) is 0 Å². The van der Waals surface area contributed by atoms with Crippen LogP contribution in [0.5, 0.6) is 0 Å². The molecule has 0 aromatic carbocycles. The Bertz CT molecular complexity index is 1070. The Morgan fingerprint density at radius 2 is 1.83 bits per heavy atom. The van der Waals surface area contributed by atoms with Crippen LogP contribution in [0.25, 0.3) is 0 Å². The summed E-state index contributed by atoms with van der Waals surface area (Å²) in [5.41, 5.74) is -1.57. The minimum absolute atomic E-state index is 0.0375. The monoisotopic (exact) mass is 583 g/mol. The highest BCUT2D eigenvalue weighted by Crippen LogP contribution is 2.84. The average Bonchev–Trinajstić information content (AvgIpc) is 3.66. The first-order valence-corrected chi connectivity index (χ1v) is 17.5. The van der Waals surface area contributed by atoms with Crippen molar-refractivity contribution in [3.63, 3.8) is 0 Å². The lowest BCUT2D eigenvalue weighted by molar-refractivity contribution is -0.197. The molecule has 42 heavy (non-hydrogen) atoms. The van der Waals surface area contributed by atoms with Crippen LogP contribution in [0.1, 0.15) is 98.8 Å². The van der Waals surface area contributed by atoms with Crippen LogP contribution in [0.2, 0.25) is 0 Å². The molecular weight excluding hydrogens is 526 g/mol. The van der Waals surface area contributed by atoms with Crippen LogP contribution >= 0.6 is 0 Å². The van der Waals surface area contributed by atoms with Crippen LogP contribution < -0.4 is 0 Å². The van der Waals surface area contributed by atoms with E-state index in [4.69, 9.17) is 4.74 Å². The van der Waals surface area contributed by atoms with E-state index in [1.807, 2.05) is 0 Å². The van der Waals surface area contributed by atoms with Gasteiger partial charge in [0.2, 0.25) is 0 Å². The summed E-state index contributed by atoms with van der Waals surface area (Å²) in [6.07, 6.45) is 14.2. The summed E-state index contributed by atoms with van der Waals surface area (Å²) in [4.78, 5) is 30.0. The lowest BCUT2D eigenvalue weighted by atomic mass is 9.41. The van der Waals surface area contributed by atoms with Gasteiger partial charge in [-0.3, -0.25) is 9.69 Å². The van der Waals surface area contributed by atoms with E-state index in [1.165, 1.54) is 32.1 Å². The van der Waals surface area contributed by atoms with Crippen molar-refractivity contribution in [1.82, 2.24) is 4.90 Å². The Morgan fingerprint density at radius 3 is 2.45 bits per heavy atom. The number of carboxylic acid groups (broad SMARTS) is 1. The van der Waals surface area contributed by atoms with Crippen LogP contribution in [-0.4, -0.2) is 65.8 Å². The number of carbonyl (C=O) groups is 2. The van der Waals surface area contributed by atoms with Crippen LogP contribution in [0.15, 0.2) is 11.6 Å². The van der Waals surface area contributed by atoms with Gasteiger partial charge in [-0.2, -0.15) is 0 Å². The van der Waals surface area contributed by atoms with Gasteiger partial charge >= 0.3 is 5.97 Å². The molecule has 3 unspecified atom stereocenters. The third-order valence-electron chi connectivity index (χ3n) is 13.6. The van der Waals surface area contributed by atoms with Crippen molar-refractivity contribution in [2.24, 2.45) is 63.6 Å². The van der Waals surface area contributed by atoms with Gasteiger partial charge in [0, 0.05) is 25.0 Å². The van der Waals surface area contributed by atoms with Gasteiger partial charge in [0.05, 0.1) is 24.2 Å². The van der Waals surface area contributed by atoms with E-state index in [0.29, 0.717) is 42.6 Å². The second kappa shape index (κ2) is 11.3. The van der Waals surface area contributed by atoms with E-state index in [-0.39, 0.29) is 36.6 Å². The number of rotatable bonds is 11. The fourth-order valence-electron chi connectivity index (χ4n) is 12.4. The first-order chi connectivity index (χ1) is 20.1. The van der Waals surface area contributed by atoms with Crippen molar-refractivity contribution in [1.29, 1.82) is 0 Å². The number of aldehydes is 1. The Hall–Kier alpha value is -1.24. The summed E-state index contributed by atoms with van der Waals surface area (Å²) in [5, 5.41) is 21.4. The molecule has 6 heteroatoms. The molecule has 236 valence electrons. The SMILES string of the molecule is CC(C)CN(CCO)C[C@@H]1O[C@@H](C23C[C@@H]4[C@H](C)CC[C@H]4C4(C=O)CC2C=C(C(C)C)[C@]43C(=O)O)C[C@H]1C1CCCCC1. The van der Waals surface area contributed by atoms with E-state index in [0.717, 1.165) is 50.6 Å². The molecule has 1 saturated heterocycles. The number of ether oxygens (including phenoxy) is 1. The first-order valence-electron chi connectivity index (χ1n) is 17.5. The van der Waals surface area contributed by atoms with Crippen molar-refractivity contribution in [2.45, 2.75) is 111 Å². The number of carbonyl (C=O) groups excluding carboxylic acids is 1. The van der Waals surface area contributed by atoms with Gasteiger partial charge in [0.1, 0.15) is 11.7 Å². The smallest absolute Gasteiger partial charge is 0.315 e. The number of nitrogens with zero attached hydrogens (tertiary/aromatic N) is 1. The molecular formula is C36H57NO5. The Balaban J connectivity index is 1.45. The van der Waals surface area contributed by atoms with Gasteiger partial charge in [0.25, 0.3) is 0 Å². The summed E-state index contributed by atoms with van der Waals surface area (Å²) in [6, 6.07) is 0. The van der Waals surface area contributed by atoms with Crippen molar-refractivity contribution < 1.29 is 24.5 Å².